The summed E-state index contributed by atoms with van der Waals surface area (Å²) in [4.78, 5) is 13.2. The molecule has 8 nitrogen and oxygen atoms in total. The van der Waals surface area contributed by atoms with E-state index >= 15 is 0 Å². The average molecular weight is 465 g/mol. The summed E-state index contributed by atoms with van der Waals surface area (Å²) in [7, 11) is 3.43. The third-order valence-corrected chi connectivity index (χ3v) is 6.15. The fraction of sp³-hybridized carbons (Fsp3) is 0.385. The second-order valence-electron chi connectivity index (χ2n) is 8.67. The number of rotatable bonds is 7. The SMILES string of the molecule is CCCOc1ccc([C@@H]2c3c(C)nn(C)c3NC(O)[C@H]2NC(=O)c2cccc(C)c2)cc1OC. The standard InChI is InChI=1S/C26H32N4O4/c1-6-12-34-19-11-10-17(14-20(19)33-5)22-21-16(3)29-30(4)24(21)28-26(32)23(22)27-25(31)18-9-7-8-15(2)13-18/h7-11,13-14,22-23,26,28,32H,6,12H2,1-5H3,(H,27,31)/t22-,23+,26?/m1/s1. The molecule has 0 fully saturated rings. The van der Waals surface area contributed by atoms with Gasteiger partial charge in [0.15, 0.2) is 11.5 Å². The van der Waals surface area contributed by atoms with Gasteiger partial charge in [-0.3, -0.25) is 9.48 Å². The van der Waals surface area contributed by atoms with Crippen LogP contribution >= 0.6 is 0 Å². The molecule has 0 bridgehead atoms. The summed E-state index contributed by atoms with van der Waals surface area (Å²) < 4.78 is 13.2. The Balaban J connectivity index is 1.77. The lowest BCUT2D eigenvalue weighted by atomic mass is 9.81. The van der Waals surface area contributed by atoms with Crippen molar-refractivity contribution in [2.45, 2.75) is 45.4 Å². The Hall–Kier alpha value is -3.52. The van der Waals surface area contributed by atoms with Gasteiger partial charge in [-0.25, -0.2) is 0 Å². The number of aromatic nitrogens is 2. The maximum atomic E-state index is 13.2. The summed E-state index contributed by atoms with van der Waals surface area (Å²) in [5.74, 6) is 1.38. The Morgan fingerprint density at radius 1 is 1.21 bits per heavy atom. The molecule has 8 heteroatoms. The second-order valence-corrected chi connectivity index (χ2v) is 8.67. The van der Waals surface area contributed by atoms with Crippen molar-refractivity contribution in [3.63, 3.8) is 0 Å². The van der Waals surface area contributed by atoms with Gasteiger partial charge in [0.05, 0.1) is 25.5 Å². The predicted molar refractivity (Wildman–Crippen MR) is 131 cm³/mol. The number of aliphatic hydroxyl groups excluding tert-OH is 1. The monoisotopic (exact) mass is 464 g/mol. The van der Waals surface area contributed by atoms with Crippen molar-refractivity contribution in [1.29, 1.82) is 0 Å². The van der Waals surface area contributed by atoms with Crippen LogP contribution in [0.5, 0.6) is 11.5 Å². The van der Waals surface area contributed by atoms with Crippen molar-refractivity contribution in [2.24, 2.45) is 7.05 Å². The van der Waals surface area contributed by atoms with E-state index in [1.54, 1.807) is 17.9 Å². The first-order valence-electron chi connectivity index (χ1n) is 11.5. The highest BCUT2D eigenvalue weighted by atomic mass is 16.5. The first-order valence-corrected chi connectivity index (χ1v) is 11.5. The molecule has 3 aromatic rings. The van der Waals surface area contributed by atoms with Crippen LogP contribution in [0.25, 0.3) is 0 Å². The van der Waals surface area contributed by atoms with Crippen LogP contribution in [0.2, 0.25) is 0 Å². The largest absolute Gasteiger partial charge is 0.493 e. The number of anilines is 1. The molecule has 1 amide bonds. The highest BCUT2D eigenvalue weighted by Crippen LogP contribution is 2.42. The van der Waals surface area contributed by atoms with Gasteiger partial charge in [-0.2, -0.15) is 5.10 Å². The van der Waals surface area contributed by atoms with Gasteiger partial charge in [-0.1, -0.05) is 30.7 Å². The lowest BCUT2D eigenvalue weighted by Crippen LogP contribution is -2.53. The number of nitrogens with zero attached hydrogens (tertiary/aromatic N) is 2. The van der Waals surface area contributed by atoms with Gasteiger partial charge < -0.3 is 25.2 Å². The van der Waals surface area contributed by atoms with Crippen molar-refractivity contribution < 1.29 is 19.4 Å². The van der Waals surface area contributed by atoms with Gasteiger partial charge in [0.1, 0.15) is 12.0 Å². The van der Waals surface area contributed by atoms with Crippen LogP contribution in [-0.4, -0.2) is 46.8 Å². The molecule has 0 spiro atoms. The molecule has 3 N–H and O–H groups in total. The van der Waals surface area contributed by atoms with Crippen molar-refractivity contribution in [3.05, 3.63) is 70.4 Å². The highest BCUT2D eigenvalue weighted by molar-refractivity contribution is 5.94. The number of aliphatic hydroxyl groups is 1. The van der Waals surface area contributed by atoms with Crippen molar-refractivity contribution in [2.75, 3.05) is 19.0 Å². The van der Waals surface area contributed by atoms with E-state index in [9.17, 15) is 9.90 Å². The molecule has 34 heavy (non-hydrogen) atoms. The number of methoxy groups -OCH3 is 1. The van der Waals surface area contributed by atoms with E-state index < -0.39 is 12.3 Å². The summed E-state index contributed by atoms with van der Waals surface area (Å²) in [6.45, 7) is 6.51. The normalized spacial score (nSPS) is 19.2. The number of carbonyl (C=O) groups excluding carboxylic acids is 1. The molecular weight excluding hydrogens is 432 g/mol. The number of hydrogen-bond acceptors (Lipinski definition) is 6. The second kappa shape index (κ2) is 9.77. The number of carbonyl (C=O) groups is 1. The Bertz CT molecular complexity index is 1190. The molecular formula is C26H32N4O4. The van der Waals surface area contributed by atoms with Crippen LogP contribution in [0, 0.1) is 13.8 Å². The van der Waals surface area contributed by atoms with Crippen molar-refractivity contribution in [1.82, 2.24) is 15.1 Å². The van der Waals surface area contributed by atoms with Gasteiger partial charge >= 0.3 is 0 Å². The number of benzene rings is 2. The average Bonchev–Trinajstić information content (AvgIpc) is 3.10. The van der Waals surface area contributed by atoms with Gasteiger partial charge in [-0.15, -0.1) is 0 Å². The van der Waals surface area contributed by atoms with Gasteiger partial charge in [0.2, 0.25) is 0 Å². The topological polar surface area (TPSA) is 97.6 Å². The summed E-state index contributed by atoms with van der Waals surface area (Å²) in [5.41, 5.74) is 4.16. The zero-order valence-corrected chi connectivity index (χ0v) is 20.3. The minimum Gasteiger partial charge on any atom is -0.493 e. The molecule has 0 saturated heterocycles. The van der Waals surface area contributed by atoms with Crippen LogP contribution in [0.4, 0.5) is 5.82 Å². The summed E-state index contributed by atoms with van der Waals surface area (Å²) >= 11 is 0. The van der Waals surface area contributed by atoms with E-state index in [4.69, 9.17) is 9.47 Å². The minimum absolute atomic E-state index is 0.251. The van der Waals surface area contributed by atoms with Crippen LogP contribution in [-0.2, 0) is 7.05 Å². The molecule has 1 aromatic heterocycles. The van der Waals surface area contributed by atoms with Gasteiger partial charge in [0, 0.05) is 24.1 Å². The maximum absolute atomic E-state index is 13.2. The first-order chi connectivity index (χ1) is 16.3. The molecule has 2 aromatic carbocycles. The number of aryl methyl sites for hydroxylation is 3. The lowest BCUT2D eigenvalue weighted by molar-refractivity contribution is 0.0843. The minimum atomic E-state index is -1.02. The summed E-state index contributed by atoms with van der Waals surface area (Å²) in [5, 5.41) is 21.9. The predicted octanol–water partition coefficient (Wildman–Crippen LogP) is 3.51. The van der Waals surface area contributed by atoms with E-state index in [2.05, 4.69) is 15.7 Å². The zero-order chi connectivity index (χ0) is 24.4. The van der Waals surface area contributed by atoms with E-state index in [-0.39, 0.29) is 11.8 Å². The highest BCUT2D eigenvalue weighted by Gasteiger charge is 2.41. The quantitative estimate of drug-likeness (QED) is 0.495. The fourth-order valence-electron chi connectivity index (χ4n) is 4.58. The molecule has 0 aliphatic carbocycles. The maximum Gasteiger partial charge on any atom is 0.251 e. The van der Waals surface area contributed by atoms with Crippen LogP contribution in [0.1, 0.15) is 52.0 Å². The number of amides is 1. The zero-order valence-electron chi connectivity index (χ0n) is 20.3. The number of ether oxygens (including phenoxy) is 2. The Morgan fingerprint density at radius 3 is 2.71 bits per heavy atom. The van der Waals surface area contributed by atoms with Crippen LogP contribution in [0.3, 0.4) is 0 Å². The molecule has 4 rings (SSSR count). The molecule has 1 aliphatic heterocycles. The fourth-order valence-corrected chi connectivity index (χ4v) is 4.58. The number of fused-ring (bicyclic) bond motifs is 1. The molecule has 1 unspecified atom stereocenters. The summed E-state index contributed by atoms with van der Waals surface area (Å²) in [6.07, 6.45) is -0.139. The van der Waals surface area contributed by atoms with Crippen molar-refractivity contribution in [3.8, 4) is 11.5 Å². The van der Waals surface area contributed by atoms with E-state index in [1.807, 2.05) is 64.2 Å². The Labute approximate surface area is 199 Å². The van der Waals surface area contributed by atoms with Crippen molar-refractivity contribution >= 4 is 11.7 Å². The van der Waals surface area contributed by atoms with E-state index in [1.165, 1.54) is 0 Å². The Morgan fingerprint density at radius 2 is 2.00 bits per heavy atom. The third-order valence-electron chi connectivity index (χ3n) is 6.15. The molecule has 3 atom stereocenters. The van der Waals surface area contributed by atoms with E-state index in [0.717, 1.165) is 34.6 Å². The number of nitrogens with one attached hydrogen (secondary N) is 2. The molecule has 0 radical (unpaired) electrons. The number of hydrogen-bond donors (Lipinski definition) is 3. The molecule has 0 saturated carbocycles. The molecule has 1 aliphatic rings. The smallest absolute Gasteiger partial charge is 0.251 e. The third kappa shape index (κ3) is 4.46. The van der Waals surface area contributed by atoms with Gasteiger partial charge in [-0.05, 0) is 50.1 Å². The van der Waals surface area contributed by atoms with Crippen LogP contribution in [0.15, 0.2) is 42.5 Å². The molecule has 180 valence electrons. The summed E-state index contributed by atoms with van der Waals surface area (Å²) in [6, 6.07) is 12.5. The van der Waals surface area contributed by atoms with Crippen LogP contribution < -0.4 is 20.1 Å². The molecule has 2 heterocycles. The first kappa shape index (κ1) is 23.6. The lowest BCUT2D eigenvalue weighted by Gasteiger charge is -2.38. The van der Waals surface area contributed by atoms with E-state index in [0.29, 0.717) is 23.7 Å². The Kier molecular flexibility index (Phi) is 6.79. The van der Waals surface area contributed by atoms with Gasteiger partial charge in [0.25, 0.3) is 5.91 Å².